The van der Waals surface area contributed by atoms with Gasteiger partial charge in [0.1, 0.15) is 78.8 Å². The maximum absolute atomic E-state index is 14.1. The van der Waals surface area contributed by atoms with Crippen LogP contribution in [0.4, 0.5) is 23.3 Å². The lowest BCUT2D eigenvalue weighted by Gasteiger charge is -2.22. The Bertz CT molecular complexity index is 7940. The van der Waals surface area contributed by atoms with Gasteiger partial charge >= 0.3 is 0 Å². The van der Waals surface area contributed by atoms with Gasteiger partial charge in [0, 0.05) is 56.1 Å². The number of nitrogens with two attached hydrogens (primary N) is 1. The Morgan fingerprint density at radius 3 is 0.979 bits per heavy atom. The van der Waals surface area contributed by atoms with E-state index in [1.165, 1.54) is 22.7 Å². The van der Waals surface area contributed by atoms with Gasteiger partial charge in [-0.05, 0) is 109 Å². The Morgan fingerprint density at radius 1 is 0.322 bits per heavy atom. The number of carbonyl (C=O) groups is 1. The van der Waals surface area contributed by atoms with Crippen molar-refractivity contribution in [2.75, 3.05) is 66.1 Å². The van der Waals surface area contributed by atoms with Gasteiger partial charge in [0.05, 0.1) is 111 Å². The third kappa shape index (κ3) is 20.1. The van der Waals surface area contributed by atoms with Gasteiger partial charge in [-0.25, -0.2) is 29.9 Å². The summed E-state index contributed by atoms with van der Waals surface area (Å²) >= 11 is 14.5. The predicted octanol–water partition coefficient (Wildman–Crippen LogP) is 27.0. The minimum absolute atomic E-state index is 0.182. The van der Waals surface area contributed by atoms with Crippen LogP contribution in [0.25, 0.3) is 145 Å². The quantitative estimate of drug-likeness (QED) is 0.0502. The third-order valence-electron chi connectivity index (χ3n) is 23.5. The smallest absolute Gasteiger partial charge is 0.280 e. The molecule has 0 unspecified atom stereocenters. The van der Waals surface area contributed by atoms with Crippen LogP contribution < -0.4 is 49.5 Å². The summed E-state index contributed by atoms with van der Waals surface area (Å²) in [5, 5.41) is 32.8. The minimum Gasteiger partial charge on any atom is -0.497 e. The first kappa shape index (κ1) is 94.7. The van der Waals surface area contributed by atoms with Crippen LogP contribution in [0.3, 0.4) is 0 Å². The number of aromatic nitrogens is 14. The van der Waals surface area contributed by atoms with Gasteiger partial charge in [0.2, 0.25) is 17.6 Å². The molecule has 706 valence electrons. The topological polar surface area (TPSA) is 279 Å². The van der Waals surface area contributed by atoms with Crippen LogP contribution in [-0.4, -0.2) is 124 Å². The van der Waals surface area contributed by atoms with E-state index in [0.717, 1.165) is 156 Å². The highest BCUT2D eigenvalue weighted by Crippen LogP contribution is 2.49. The van der Waals surface area contributed by atoms with Crippen molar-refractivity contribution in [2.45, 2.75) is 6.42 Å². The zero-order valence-electron chi connectivity index (χ0n) is 78.1. The number of carbonyl (C=O) groups excluding carboxylic acids is 1. The highest BCUT2D eigenvalue weighted by atomic mass is 79.9. The van der Waals surface area contributed by atoms with Crippen molar-refractivity contribution in [2.24, 2.45) is 0 Å². The van der Waals surface area contributed by atoms with Crippen molar-refractivity contribution in [3.05, 3.63) is 399 Å². The fourth-order valence-electron chi connectivity index (χ4n) is 16.9. The number of allylic oxidation sites excluding steroid dienone is 2. The summed E-state index contributed by atoms with van der Waals surface area (Å²) < 4.78 is 46.7. The summed E-state index contributed by atoms with van der Waals surface area (Å²) in [4.78, 5) is 41.5. The van der Waals surface area contributed by atoms with Crippen molar-refractivity contribution < 1.29 is 38.0 Å². The number of nitrogens with one attached hydrogen (secondary N) is 2. The van der Waals surface area contributed by atoms with Gasteiger partial charge in [-0.1, -0.05) is 303 Å². The monoisotopic (exact) mass is 2020 g/mol. The number of benzene rings is 12. The molecule has 0 amide bonds. The number of rotatable bonds is 23. The van der Waals surface area contributed by atoms with E-state index in [0.29, 0.717) is 86.1 Å². The van der Waals surface area contributed by atoms with E-state index in [2.05, 4.69) is 77.9 Å². The molecule has 4 N–H and O–H groups in total. The van der Waals surface area contributed by atoms with Gasteiger partial charge in [-0.3, -0.25) is 4.79 Å². The van der Waals surface area contributed by atoms with Gasteiger partial charge in [0.25, 0.3) is 5.91 Å². The average Bonchev–Trinajstić information content (AvgIpc) is 1.61. The second kappa shape index (κ2) is 43.9. The molecule has 23 rings (SSSR count). The first-order valence-corrected chi connectivity index (χ1v) is 49.0. The molecule has 12 aromatic carbocycles. The Balaban J connectivity index is 0.000000118. The van der Waals surface area contributed by atoms with E-state index < -0.39 is 0 Å². The molecule has 143 heavy (non-hydrogen) atoms. The number of nitrogen functional groups attached to an aromatic ring is 1. The average molecular weight is 2020 g/mol. The van der Waals surface area contributed by atoms with Gasteiger partial charge in [-0.15, -0.1) is 34.0 Å². The number of nitrogens with zero attached hydrogens (tertiary/aromatic N) is 14. The summed E-state index contributed by atoms with van der Waals surface area (Å²) in [6.07, 6.45) is 0.495. The van der Waals surface area contributed by atoms with Crippen LogP contribution >= 0.6 is 61.5 Å². The number of hydrogen-bond donors (Lipinski definition) is 3. The van der Waals surface area contributed by atoms with Crippen molar-refractivity contribution in [1.82, 2.24) is 68.5 Å². The standard InChI is InChI=1S/C29H23N5O2S.C29H22N4O2S.C26H20ClN3O2.C26H22N4O2.C3H2BrNS/c1-35-22-15-13-20(14-16-22)25-27(31-23-17-37-18-30-23)32-28-24(19-9-5-3-6-10-19)26(21-11-7-4-8-12-21)33-34(28)29(25)36-2;1-35-22-14-12-20(13-15-22)26-23(31-25-17-36-18-30-25)16-24-27(19-8-4-2-5-9-19)28(32-33(24)29(26)34)21-10-6-3-7-11-21;2*1-31-20-15-13-18(14-16-20)22-24(27)28-25-21(17-9-5-3-6-10-17)23(19-11-7-4-8-12-19)29-30(25)26(22)32-2;4-3-1-6-2-5-3/h3-18H,1-2H3,(H,31,32);2-15,17-18,31H,16H2,1H3;3-16H,1-2H3;3-16H,1-2H3,(H2,27,28);1-2H. The van der Waals surface area contributed by atoms with Gasteiger partial charge in [-0.2, -0.15) is 38.6 Å². The van der Waals surface area contributed by atoms with Crippen molar-refractivity contribution >= 4 is 113 Å². The van der Waals surface area contributed by atoms with Gasteiger partial charge < -0.3 is 49.5 Å². The Labute approximate surface area is 848 Å². The molecule has 11 heterocycles. The molecule has 1 aliphatic heterocycles. The molecular weight excluding hydrogens is 1930 g/mol. The number of thiazole rings is 3. The minimum atomic E-state index is -0.182. The van der Waals surface area contributed by atoms with Crippen molar-refractivity contribution in [3.63, 3.8) is 0 Å². The molecule has 25 nitrogen and oxygen atoms in total. The maximum atomic E-state index is 14.1. The maximum Gasteiger partial charge on any atom is 0.280 e. The highest BCUT2D eigenvalue weighted by molar-refractivity contribution is 9.10. The number of halogens is 2. The number of anilines is 4. The lowest BCUT2D eigenvalue weighted by atomic mass is 9.92. The molecule has 22 aromatic rings. The van der Waals surface area contributed by atoms with E-state index >= 15 is 0 Å². The number of ether oxygens (including phenoxy) is 7. The van der Waals surface area contributed by atoms with Crippen LogP contribution in [0.15, 0.2) is 383 Å². The third-order valence-corrected chi connectivity index (χ3v) is 26.3. The molecule has 0 spiro atoms. The fourth-order valence-corrected chi connectivity index (χ4v) is 19.1. The Morgan fingerprint density at radius 2 is 0.629 bits per heavy atom. The number of fused-ring (bicyclic) bond motifs is 4. The van der Waals surface area contributed by atoms with Crippen LogP contribution in [0, 0.1) is 0 Å². The van der Waals surface area contributed by atoms with E-state index in [4.69, 9.17) is 85.8 Å². The fraction of sp³-hybridized carbons (Fsp3) is 0.0708. The summed E-state index contributed by atoms with van der Waals surface area (Å²) in [5.74, 6) is 6.86. The van der Waals surface area contributed by atoms with E-state index in [1.54, 1.807) is 95.9 Å². The molecule has 0 fully saturated rings. The highest BCUT2D eigenvalue weighted by Gasteiger charge is 2.35. The lowest BCUT2D eigenvalue weighted by Crippen LogP contribution is -2.26. The molecule has 0 atom stereocenters. The second-order valence-corrected chi connectivity index (χ2v) is 35.3. The zero-order valence-corrected chi connectivity index (χ0v) is 82.9. The first-order chi connectivity index (χ1) is 70.3. The number of hydrogen-bond acceptors (Lipinski definition) is 24. The summed E-state index contributed by atoms with van der Waals surface area (Å²) in [5.41, 5.74) is 36.5. The zero-order chi connectivity index (χ0) is 98.2. The van der Waals surface area contributed by atoms with Crippen molar-refractivity contribution in [1.29, 1.82) is 0 Å². The van der Waals surface area contributed by atoms with Crippen LogP contribution in [0.5, 0.6) is 40.6 Å². The molecule has 1 aliphatic rings. The van der Waals surface area contributed by atoms with Crippen LogP contribution in [0.2, 0.25) is 5.15 Å². The van der Waals surface area contributed by atoms with E-state index in [-0.39, 0.29) is 5.91 Å². The largest absolute Gasteiger partial charge is 0.497 e. The molecular formula is C113H89BrClN17O8S3. The molecule has 0 bridgehead atoms. The van der Waals surface area contributed by atoms with Gasteiger partial charge in [0.15, 0.2) is 16.9 Å². The Hall–Kier alpha value is -17.2. The van der Waals surface area contributed by atoms with Crippen molar-refractivity contribution in [3.8, 4) is 164 Å². The summed E-state index contributed by atoms with van der Waals surface area (Å²) in [6, 6.07) is 111. The SMILES string of the molecule is Brc1cscn1.COc1ccc(-c2c(Cl)nc3c(-c4ccccc4)c(-c4ccccc4)nn3c2OC)cc1.COc1ccc(-c2c(N)nc3c(-c4ccccc4)c(-c4ccccc4)nn3c2OC)cc1.COc1ccc(-c2c(Nc3cscn3)nc3c(-c4ccccc4)c(-c4ccccc4)nn3c2OC)cc1.COc1ccc(C2=C(Nc3cscn3)Cc3c(-c4ccccc4)c(-c4ccccc4)nn3C2=O)cc1. The summed E-state index contributed by atoms with van der Waals surface area (Å²) in [7, 11) is 11.4. The second-order valence-electron chi connectivity index (χ2n) is 32.0. The summed E-state index contributed by atoms with van der Waals surface area (Å²) in [6.45, 7) is 0. The first-order valence-electron chi connectivity index (χ1n) is 45.0. The molecule has 30 heteroatoms. The van der Waals surface area contributed by atoms with Crippen LogP contribution in [-0.2, 0) is 6.42 Å². The Kier molecular flexibility index (Phi) is 29.1. The normalized spacial score (nSPS) is 11.4. The molecule has 0 saturated heterocycles. The molecule has 0 saturated carbocycles. The molecule has 0 aliphatic carbocycles. The van der Waals surface area contributed by atoms with E-state index in [1.807, 2.05) is 319 Å². The molecule has 0 radical (unpaired) electrons. The number of methoxy groups -OCH3 is 7. The predicted molar refractivity (Wildman–Crippen MR) is 575 cm³/mol. The lowest BCUT2D eigenvalue weighted by molar-refractivity contribution is 0.0958. The molecule has 10 aromatic heterocycles. The van der Waals surface area contributed by atoms with Crippen LogP contribution in [0.1, 0.15) is 16.1 Å². The van der Waals surface area contributed by atoms with E-state index in [9.17, 15) is 4.79 Å².